The van der Waals surface area contributed by atoms with E-state index in [4.69, 9.17) is 0 Å². The summed E-state index contributed by atoms with van der Waals surface area (Å²) in [4.78, 5) is 4.12. The molecule has 0 fully saturated rings. The van der Waals surface area contributed by atoms with Crippen LogP contribution in [-0.2, 0) is 11.2 Å². The average Bonchev–Trinajstić information content (AvgIpc) is 1.85. The van der Waals surface area contributed by atoms with E-state index in [1.54, 1.807) is 13.2 Å². The summed E-state index contributed by atoms with van der Waals surface area (Å²) >= 11 is -1.08. The largest absolute Gasteiger partial charge is 0.612 e. The molecule has 0 aromatic carbocycles. The summed E-state index contributed by atoms with van der Waals surface area (Å²) < 4.78 is 23.3. The Bertz CT molecular complexity index is 265. The van der Waals surface area contributed by atoms with Crippen LogP contribution in [0.2, 0.25) is 0 Å². The van der Waals surface area contributed by atoms with Gasteiger partial charge in [0.05, 0.1) is 5.69 Å². The van der Waals surface area contributed by atoms with Crippen LogP contribution in [0.1, 0.15) is 5.69 Å². The number of rotatable bonds is 1. The molecule has 1 aromatic heterocycles. The van der Waals surface area contributed by atoms with Crippen LogP contribution in [0.4, 0.5) is 4.39 Å². The summed E-state index contributed by atoms with van der Waals surface area (Å²) in [5.74, 6) is -0.531. The first-order chi connectivity index (χ1) is 5.11. The molecule has 0 aliphatic heterocycles. The third-order valence-electron chi connectivity index (χ3n) is 1.31. The van der Waals surface area contributed by atoms with Crippen molar-refractivity contribution in [1.82, 2.24) is 4.98 Å². The predicted molar refractivity (Wildman–Crippen MR) is 41.3 cm³/mol. The van der Waals surface area contributed by atoms with Crippen molar-refractivity contribution in [3.63, 3.8) is 0 Å². The van der Waals surface area contributed by atoms with E-state index >= 15 is 0 Å². The molecule has 0 bridgehead atoms. The molecular formula is C7H8FNOS. The van der Waals surface area contributed by atoms with E-state index in [1.165, 1.54) is 12.1 Å². The molecule has 1 atom stereocenters. The number of pyridine rings is 1. The number of hydrogen-bond acceptors (Lipinski definition) is 2. The number of aromatic nitrogens is 1. The van der Waals surface area contributed by atoms with Crippen molar-refractivity contribution in [2.24, 2.45) is 0 Å². The normalized spacial score (nSPS) is 13.1. The molecule has 1 aromatic rings. The van der Waals surface area contributed by atoms with Gasteiger partial charge in [0.25, 0.3) is 0 Å². The molecule has 0 spiro atoms. The fraction of sp³-hybridized carbons (Fsp3) is 0.286. The Morgan fingerprint density at radius 1 is 1.55 bits per heavy atom. The topological polar surface area (TPSA) is 36.0 Å². The van der Waals surface area contributed by atoms with Crippen molar-refractivity contribution in [3.05, 3.63) is 23.8 Å². The lowest BCUT2D eigenvalue weighted by Crippen LogP contribution is -2.02. The summed E-state index contributed by atoms with van der Waals surface area (Å²) in [6, 6.07) is 2.71. The van der Waals surface area contributed by atoms with E-state index in [0.29, 0.717) is 10.6 Å². The molecule has 0 aliphatic carbocycles. The maximum Gasteiger partial charge on any atom is 0.213 e. The van der Waals surface area contributed by atoms with Crippen molar-refractivity contribution in [1.29, 1.82) is 0 Å². The van der Waals surface area contributed by atoms with Gasteiger partial charge in [-0.3, -0.25) is 0 Å². The van der Waals surface area contributed by atoms with E-state index in [1.807, 2.05) is 0 Å². The predicted octanol–water partition coefficient (Wildman–Crippen LogP) is 1.27. The molecule has 60 valence electrons. The molecule has 4 heteroatoms. The second-order valence-corrected chi connectivity index (χ2v) is 3.52. The minimum absolute atomic E-state index is 0.492. The van der Waals surface area contributed by atoms with E-state index in [9.17, 15) is 8.94 Å². The Kier molecular flexibility index (Phi) is 2.46. The summed E-state index contributed by atoms with van der Waals surface area (Å²) in [6.07, 6.45) is 1.54. The second-order valence-electron chi connectivity index (χ2n) is 2.17. The van der Waals surface area contributed by atoms with Crippen LogP contribution in [0.5, 0.6) is 0 Å². The highest BCUT2D eigenvalue weighted by Gasteiger charge is 2.09. The number of halogens is 1. The molecule has 1 unspecified atom stereocenters. The van der Waals surface area contributed by atoms with E-state index in [2.05, 4.69) is 4.98 Å². The van der Waals surface area contributed by atoms with Gasteiger partial charge in [0.15, 0.2) is 4.90 Å². The zero-order chi connectivity index (χ0) is 8.43. The molecule has 1 rings (SSSR count). The first kappa shape index (κ1) is 8.49. The van der Waals surface area contributed by atoms with Gasteiger partial charge in [-0.05, 0) is 30.2 Å². The summed E-state index contributed by atoms with van der Waals surface area (Å²) in [5, 5.41) is 0. The number of hydrogen-bond donors (Lipinski definition) is 0. The van der Waals surface area contributed by atoms with Crippen LogP contribution in [0, 0.1) is 12.9 Å². The third kappa shape index (κ3) is 1.91. The Morgan fingerprint density at radius 3 is 2.64 bits per heavy atom. The lowest BCUT2D eigenvalue weighted by atomic mass is 10.4. The van der Waals surface area contributed by atoms with Crippen LogP contribution < -0.4 is 0 Å². The van der Waals surface area contributed by atoms with Gasteiger partial charge in [-0.15, -0.1) is 0 Å². The highest BCUT2D eigenvalue weighted by Crippen LogP contribution is 2.12. The van der Waals surface area contributed by atoms with Crippen LogP contribution in [0.15, 0.2) is 17.0 Å². The first-order valence-electron chi connectivity index (χ1n) is 3.08. The van der Waals surface area contributed by atoms with Crippen molar-refractivity contribution >= 4 is 11.2 Å². The van der Waals surface area contributed by atoms with E-state index in [-0.39, 0.29) is 0 Å². The summed E-state index contributed by atoms with van der Waals surface area (Å²) in [5.41, 5.74) is 0.492. The molecule has 0 N–H and O–H groups in total. The smallest absolute Gasteiger partial charge is 0.213 e. The van der Waals surface area contributed by atoms with Gasteiger partial charge >= 0.3 is 0 Å². The van der Waals surface area contributed by atoms with Crippen LogP contribution >= 0.6 is 0 Å². The molecular weight excluding hydrogens is 165 g/mol. The first-order valence-corrected chi connectivity index (χ1v) is 4.63. The van der Waals surface area contributed by atoms with Crippen molar-refractivity contribution < 1.29 is 8.94 Å². The Morgan fingerprint density at radius 2 is 2.18 bits per heavy atom. The van der Waals surface area contributed by atoms with E-state index < -0.39 is 17.1 Å². The zero-order valence-electron chi connectivity index (χ0n) is 6.30. The van der Waals surface area contributed by atoms with Gasteiger partial charge in [0, 0.05) is 0 Å². The Balaban J connectivity index is 3.09. The molecule has 1 heterocycles. The second kappa shape index (κ2) is 3.19. The molecule has 2 nitrogen and oxygen atoms in total. The average molecular weight is 173 g/mol. The van der Waals surface area contributed by atoms with Gasteiger partial charge in [0.1, 0.15) is 6.26 Å². The third-order valence-corrected chi connectivity index (χ3v) is 2.36. The fourth-order valence-corrected chi connectivity index (χ4v) is 1.54. The van der Waals surface area contributed by atoms with E-state index in [0.717, 1.165) is 0 Å². The fourth-order valence-electron chi connectivity index (χ4n) is 0.821. The minimum atomic E-state index is -1.08. The van der Waals surface area contributed by atoms with Gasteiger partial charge in [-0.2, -0.15) is 4.39 Å². The van der Waals surface area contributed by atoms with Crippen molar-refractivity contribution in [2.45, 2.75) is 11.8 Å². The summed E-state index contributed by atoms with van der Waals surface area (Å²) in [7, 11) is 0. The number of nitrogens with zero attached hydrogens (tertiary/aromatic N) is 1. The highest BCUT2D eigenvalue weighted by atomic mass is 32.2. The lowest BCUT2D eigenvalue weighted by Gasteiger charge is -2.05. The monoisotopic (exact) mass is 173 g/mol. The Labute approximate surface area is 67.6 Å². The molecule has 0 saturated heterocycles. The quantitative estimate of drug-likeness (QED) is 0.473. The highest BCUT2D eigenvalue weighted by molar-refractivity contribution is 7.90. The zero-order valence-corrected chi connectivity index (χ0v) is 7.11. The van der Waals surface area contributed by atoms with Gasteiger partial charge in [0.2, 0.25) is 5.95 Å². The van der Waals surface area contributed by atoms with Crippen molar-refractivity contribution in [3.8, 4) is 0 Å². The molecule has 0 saturated carbocycles. The molecule has 11 heavy (non-hydrogen) atoms. The lowest BCUT2D eigenvalue weighted by molar-refractivity contribution is 0.572. The maximum atomic E-state index is 12.4. The van der Waals surface area contributed by atoms with Gasteiger partial charge in [-0.1, -0.05) is 0 Å². The minimum Gasteiger partial charge on any atom is -0.612 e. The Hall–Kier alpha value is -0.610. The SMILES string of the molecule is Cc1nc(F)ccc1[S+](C)[O-]. The van der Waals surface area contributed by atoms with Crippen molar-refractivity contribution in [2.75, 3.05) is 6.26 Å². The van der Waals surface area contributed by atoms with Crippen LogP contribution in [0.25, 0.3) is 0 Å². The summed E-state index contributed by atoms with van der Waals surface area (Å²) in [6.45, 7) is 1.64. The van der Waals surface area contributed by atoms with Crippen LogP contribution in [0.3, 0.4) is 0 Å². The van der Waals surface area contributed by atoms with Crippen LogP contribution in [-0.4, -0.2) is 15.8 Å². The molecule has 0 aliphatic rings. The maximum absolute atomic E-state index is 12.4. The number of aryl methyl sites for hydroxylation is 1. The van der Waals surface area contributed by atoms with Gasteiger partial charge < -0.3 is 4.55 Å². The molecule has 0 amide bonds. The molecule has 0 radical (unpaired) electrons. The van der Waals surface area contributed by atoms with Gasteiger partial charge in [-0.25, -0.2) is 4.98 Å². The standard InChI is InChI=1S/C7H8FNOS/c1-5-6(11(2)10)3-4-7(8)9-5/h3-4H,1-2H3.